The highest BCUT2D eigenvalue weighted by molar-refractivity contribution is 7.10. The van der Waals surface area contributed by atoms with Gasteiger partial charge in [0.25, 0.3) is 0 Å². The first-order valence-electron chi connectivity index (χ1n) is 10.3. The van der Waals surface area contributed by atoms with Crippen molar-refractivity contribution in [2.24, 2.45) is 10.2 Å². The van der Waals surface area contributed by atoms with Gasteiger partial charge < -0.3 is 19.0 Å². The Balaban J connectivity index is 1.83. The second-order valence-electron chi connectivity index (χ2n) is 7.08. The van der Waals surface area contributed by atoms with Crippen molar-refractivity contribution in [1.29, 1.82) is 0 Å². The Bertz CT molecular complexity index is 1570. The number of phenols is 1. The fraction of sp³-hybridized carbons (Fsp3) is 0.174. The van der Waals surface area contributed by atoms with Crippen molar-refractivity contribution in [1.82, 2.24) is 9.78 Å². The number of hydrogen-bond donors (Lipinski definition) is 1. The van der Waals surface area contributed by atoms with Crippen LogP contribution in [0, 0.1) is 6.92 Å². The highest BCUT2D eigenvalue weighted by Gasteiger charge is 2.18. The molecule has 0 amide bonds. The maximum atomic E-state index is 12.5. The third-order valence-corrected chi connectivity index (χ3v) is 5.86. The summed E-state index contributed by atoms with van der Waals surface area (Å²) in [5.41, 5.74) is 0.581. The predicted octanol–water partition coefficient (Wildman–Crippen LogP) is 3.83. The van der Waals surface area contributed by atoms with Crippen LogP contribution < -0.4 is 15.0 Å². The second kappa shape index (κ2) is 10.1. The summed E-state index contributed by atoms with van der Waals surface area (Å²) in [7, 11) is 1.37. The van der Waals surface area contributed by atoms with Gasteiger partial charge in [0.05, 0.1) is 31.2 Å². The maximum absolute atomic E-state index is 12.5. The molecule has 0 unspecified atom stereocenters. The molecule has 0 fully saturated rings. The molecule has 0 aliphatic heterocycles. The van der Waals surface area contributed by atoms with Crippen molar-refractivity contribution in [3.63, 3.8) is 0 Å². The maximum Gasteiger partial charge on any atom is 0.369 e. The quantitative estimate of drug-likeness (QED) is 0.235. The van der Waals surface area contributed by atoms with Crippen LogP contribution in [0.15, 0.2) is 55.8 Å². The number of carbonyl (C=O) groups excluding carboxylic acids is 1. The van der Waals surface area contributed by atoms with Crippen LogP contribution in [0.25, 0.3) is 16.7 Å². The third kappa shape index (κ3) is 4.96. The number of benzene rings is 2. The highest BCUT2D eigenvalue weighted by atomic mass is 35.5. The van der Waals surface area contributed by atoms with Gasteiger partial charge in [0.1, 0.15) is 28.2 Å². The fourth-order valence-electron chi connectivity index (χ4n) is 3.26. The number of fused-ring (bicyclic) bond motifs is 1. The molecule has 180 valence electrons. The van der Waals surface area contributed by atoms with E-state index < -0.39 is 5.97 Å². The minimum atomic E-state index is -0.596. The largest absolute Gasteiger partial charge is 0.507 e. The van der Waals surface area contributed by atoms with Crippen LogP contribution >= 0.6 is 22.9 Å². The van der Waals surface area contributed by atoms with Gasteiger partial charge in [-0.25, -0.2) is 9.48 Å². The molecular weight excluding hydrogens is 496 g/mol. The Morgan fingerprint density at radius 2 is 2.06 bits per heavy atom. The van der Waals surface area contributed by atoms with E-state index in [9.17, 15) is 14.7 Å². The fourth-order valence-corrected chi connectivity index (χ4v) is 4.14. The van der Waals surface area contributed by atoms with E-state index in [1.165, 1.54) is 30.1 Å². The molecule has 0 atom stereocenters. The number of halogens is 1. The normalized spacial score (nSPS) is 11.9. The predicted molar refractivity (Wildman–Crippen MR) is 131 cm³/mol. The van der Waals surface area contributed by atoms with Gasteiger partial charge >= 0.3 is 5.97 Å². The molecule has 2 aromatic heterocycles. The minimum Gasteiger partial charge on any atom is -0.507 e. The molecule has 4 aromatic rings. The van der Waals surface area contributed by atoms with Gasteiger partial charge in [-0.3, -0.25) is 4.79 Å². The first-order valence-corrected chi connectivity index (χ1v) is 11.5. The Hall–Kier alpha value is -3.96. The van der Waals surface area contributed by atoms with Crippen molar-refractivity contribution < 1.29 is 23.8 Å². The van der Waals surface area contributed by atoms with Crippen LogP contribution in [0.4, 0.5) is 0 Å². The second-order valence-corrected chi connectivity index (χ2v) is 8.47. The van der Waals surface area contributed by atoms with E-state index in [1.54, 1.807) is 38.1 Å². The molecule has 0 aliphatic rings. The van der Waals surface area contributed by atoms with Crippen LogP contribution in [0.5, 0.6) is 11.5 Å². The molecule has 1 N–H and O–H groups in total. The number of methoxy groups -OCH3 is 1. The number of nitrogens with zero attached hydrogens (tertiary/aromatic N) is 4. The van der Waals surface area contributed by atoms with Crippen LogP contribution in [-0.2, 0) is 4.74 Å². The summed E-state index contributed by atoms with van der Waals surface area (Å²) in [6.07, 6.45) is 1.24. The first-order chi connectivity index (χ1) is 16.8. The first kappa shape index (κ1) is 24.2. The molecule has 0 aliphatic carbocycles. The van der Waals surface area contributed by atoms with Gasteiger partial charge in [-0.15, -0.1) is 10.2 Å². The lowest BCUT2D eigenvalue weighted by atomic mass is 10.1. The van der Waals surface area contributed by atoms with Gasteiger partial charge in [0.15, 0.2) is 5.43 Å². The van der Waals surface area contributed by atoms with E-state index in [1.807, 2.05) is 0 Å². The van der Waals surface area contributed by atoms with E-state index in [0.717, 1.165) is 11.3 Å². The molecule has 12 heteroatoms. The Labute approximate surface area is 207 Å². The molecule has 35 heavy (non-hydrogen) atoms. The summed E-state index contributed by atoms with van der Waals surface area (Å²) in [6.45, 7) is 3.52. The van der Waals surface area contributed by atoms with E-state index in [4.69, 9.17) is 25.5 Å². The highest BCUT2D eigenvalue weighted by Crippen LogP contribution is 2.33. The van der Waals surface area contributed by atoms with Crippen LogP contribution in [0.2, 0.25) is 5.02 Å². The van der Waals surface area contributed by atoms with Crippen molar-refractivity contribution in [2.45, 2.75) is 13.8 Å². The van der Waals surface area contributed by atoms with Gasteiger partial charge in [0.2, 0.25) is 9.81 Å². The average molecular weight is 515 g/mol. The lowest BCUT2D eigenvalue weighted by molar-refractivity contribution is 0.0524. The molecule has 2 heterocycles. The minimum absolute atomic E-state index is 0.0786. The third-order valence-electron chi connectivity index (χ3n) is 4.73. The average Bonchev–Trinajstić information content (AvgIpc) is 3.24. The van der Waals surface area contributed by atoms with Gasteiger partial charge in [-0.1, -0.05) is 22.9 Å². The SMILES string of the molecule is CCOC(=O)c1nn(-c2ccc(Cl)cc2)c(=N/N=C/c2c(O)cc3oc(C)cc(=O)c3c2OC)s1. The van der Waals surface area contributed by atoms with E-state index in [2.05, 4.69) is 15.3 Å². The topological polar surface area (TPSA) is 129 Å². The Morgan fingerprint density at radius 1 is 1.31 bits per heavy atom. The van der Waals surface area contributed by atoms with Crippen molar-refractivity contribution >= 4 is 46.1 Å². The van der Waals surface area contributed by atoms with Crippen molar-refractivity contribution in [3.8, 4) is 17.2 Å². The summed E-state index contributed by atoms with van der Waals surface area (Å²) >= 11 is 6.95. The Morgan fingerprint density at radius 3 is 2.74 bits per heavy atom. The summed E-state index contributed by atoms with van der Waals surface area (Å²) in [5, 5.41) is 23.8. The van der Waals surface area contributed by atoms with E-state index in [-0.39, 0.29) is 49.9 Å². The van der Waals surface area contributed by atoms with Gasteiger partial charge in [-0.05, 0) is 38.1 Å². The number of esters is 1. The van der Waals surface area contributed by atoms with Crippen molar-refractivity contribution in [2.75, 3.05) is 13.7 Å². The van der Waals surface area contributed by atoms with Gasteiger partial charge in [0, 0.05) is 17.2 Å². The number of carbonyl (C=O) groups is 1. The number of phenolic OH excluding ortho intramolecular Hbond substituents is 1. The zero-order valence-corrected chi connectivity index (χ0v) is 20.4. The molecule has 0 spiro atoms. The smallest absolute Gasteiger partial charge is 0.369 e. The number of aromatic nitrogens is 2. The molecular formula is C23H19ClN4O6S. The summed E-state index contributed by atoms with van der Waals surface area (Å²) in [5.74, 6) is -0.324. The van der Waals surface area contributed by atoms with Crippen molar-refractivity contribution in [3.05, 3.63) is 72.8 Å². The number of hydrogen-bond acceptors (Lipinski definition) is 10. The van der Waals surface area contributed by atoms with Crippen LogP contribution in [-0.4, -0.2) is 40.8 Å². The summed E-state index contributed by atoms with van der Waals surface area (Å²) in [6, 6.07) is 9.40. The van der Waals surface area contributed by atoms with Crippen LogP contribution in [0.3, 0.4) is 0 Å². The molecule has 0 saturated carbocycles. The molecule has 0 bridgehead atoms. The number of ether oxygens (including phenoxy) is 2. The van der Waals surface area contributed by atoms with E-state index in [0.29, 0.717) is 16.5 Å². The standard InChI is InChI=1S/C23H19ClN4O6S/c1-4-33-22(31)21-27-28(14-7-5-13(24)6-8-14)23(35-21)26-25-11-15-16(29)10-18-19(20(15)32-3)17(30)9-12(2)34-18/h5-11,29H,4H2,1-3H3/b25-11+,26-23?. The number of aromatic hydroxyl groups is 1. The van der Waals surface area contributed by atoms with E-state index >= 15 is 0 Å². The molecule has 0 radical (unpaired) electrons. The zero-order chi connectivity index (χ0) is 25.1. The summed E-state index contributed by atoms with van der Waals surface area (Å²) < 4.78 is 17.4. The zero-order valence-electron chi connectivity index (χ0n) is 18.8. The molecule has 4 rings (SSSR count). The molecule has 10 nitrogen and oxygen atoms in total. The molecule has 0 saturated heterocycles. The number of rotatable bonds is 6. The Kier molecular flexibility index (Phi) is 6.99. The lowest BCUT2D eigenvalue weighted by Crippen LogP contribution is -2.14. The summed E-state index contributed by atoms with van der Waals surface area (Å²) in [4.78, 5) is 25.0. The number of aryl methyl sites for hydroxylation is 1. The lowest BCUT2D eigenvalue weighted by Gasteiger charge is -2.09. The van der Waals surface area contributed by atoms with Crippen LogP contribution in [0.1, 0.15) is 28.0 Å². The van der Waals surface area contributed by atoms with Gasteiger partial charge in [-0.2, -0.15) is 5.10 Å². The monoisotopic (exact) mass is 514 g/mol. The molecule has 2 aromatic carbocycles.